The van der Waals surface area contributed by atoms with Crippen LogP contribution in [-0.2, 0) is 9.53 Å². The third-order valence-electron chi connectivity index (χ3n) is 5.20. The van der Waals surface area contributed by atoms with Crippen LogP contribution in [0.2, 0.25) is 0 Å². The number of carbonyl (C=O) groups excluding carboxylic acids is 1. The summed E-state index contributed by atoms with van der Waals surface area (Å²) in [6.07, 6.45) is 1.41. The standard InChI is InChI=1S/C18H24FNO2/c1-3-22-18(21)17-15-10-9-14(11-16(15)19)20(17)12(2)13-7-5-4-6-8-13/h4-8,12,14-17H,3,9-11H2,1-2H3/t12-,14-,15-,16-,17-/m1/s1. The van der Waals surface area contributed by atoms with Crippen LogP contribution in [0.4, 0.5) is 4.39 Å². The number of ether oxygens (including phenoxy) is 1. The van der Waals surface area contributed by atoms with Crippen LogP contribution in [0.5, 0.6) is 0 Å². The fraction of sp³-hybridized carbons (Fsp3) is 0.611. The van der Waals surface area contributed by atoms with E-state index < -0.39 is 12.2 Å². The predicted octanol–water partition coefficient (Wildman–Crippen LogP) is 3.50. The predicted molar refractivity (Wildman–Crippen MR) is 83.1 cm³/mol. The van der Waals surface area contributed by atoms with E-state index in [0.717, 1.165) is 12.8 Å². The first-order valence-corrected chi connectivity index (χ1v) is 8.26. The lowest BCUT2D eigenvalue weighted by molar-refractivity contribution is -0.167. The molecule has 120 valence electrons. The lowest BCUT2D eigenvalue weighted by atomic mass is 9.72. The number of alkyl halides is 1. The third kappa shape index (κ3) is 2.65. The lowest BCUT2D eigenvalue weighted by Crippen LogP contribution is -2.62. The molecule has 3 aliphatic rings. The Balaban J connectivity index is 1.91. The van der Waals surface area contributed by atoms with Crippen molar-refractivity contribution >= 4 is 5.97 Å². The minimum absolute atomic E-state index is 0.0934. The SMILES string of the molecule is CCOC(=O)[C@H]1[C@@H]2CC[C@H](C[C@H]2F)N1[C@H](C)c1ccccc1. The summed E-state index contributed by atoms with van der Waals surface area (Å²) in [5.74, 6) is -0.488. The Hall–Kier alpha value is -1.42. The monoisotopic (exact) mass is 305 g/mol. The molecule has 0 aromatic heterocycles. The van der Waals surface area contributed by atoms with E-state index in [1.165, 1.54) is 5.56 Å². The van der Waals surface area contributed by atoms with E-state index in [1.807, 2.05) is 18.2 Å². The maximum absolute atomic E-state index is 14.3. The van der Waals surface area contributed by atoms with Gasteiger partial charge in [-0.05, 0) is 38.7 Å². The molecule has 2 heterocycles. The molecule has 4 rings (SSSR count). The Morgan fingerprint density at radius 3 is 2.73 bits per heavy atom. The number of hydrogen-bond donors (Lipinski definition) is 0. The van der Waals surface area contributed by atoms with Gasteiger partial charge in [-0.1, -0.05) is 30.3 Å². The zero-order valence-corrected chi connectivity index (χ0v) is 13.2. The van der Waals surface area contributed by atoms with Crippen LogP contribution in [0.1, 0.15) is 44.7 Å². The number of rotatable bonds is 4. The molecule has 2 saturated heterocycles. The van der Waals surface area contributed by atoms with E-state index in [4.69, 9.17) is 4.74 Å². The normalized spacial score (nSPS) is 32.7. The average molecular weight is 305 g/mol. The summed E-state index contributed by atoms with van der Waals surface area (Å²) in [4.78, 5) is 14.7. The summed E-state index contributed by atoms with van der Waals surface area (Å²) < 4.78 is 19.6. The van der Waals surface area contributed by atoms with Gasteiger partial charge in [-0.15, -0.1) is 0 Å². The second kappa shape index (κ2) is 6.37. The molecule has 1 aromatic rings. The minimum Gasteiger partial charge on any atom is -0.465 e. The number of carbonyl (C=O) groups is 1. The molecule has 2 bridgehead atoms. The minimum atomic E-state index is -0.882. The maximum atomic E-state index is 14.3. The number of halogens is 1. The molecular weight excluding hydrogens is 281 g/mol. The fourth-order valence-corrected chi connectivity index (χ4v) is 4.18. The Morgan fingerprint density at radius 2 is 2.09 bits per heavy atom. The van der Waals surface area contributed by atoms with Gasteiger partial charge in [0.05, 0.1) is 6.61 Å². The number of fused-ring (bicyclic) bond motifs is 3. The van der Waals surface area contributed by atoms with Crippen LogP contribution in [0, 0.1) is 5.92 Å². The van der Waals surface area contributed by atoms with Crippen molar-refractivity contribution in [2.75, 3.05) is 6.61 Å². The highest BCUT2D eigenvalue weighted by atomic mass is 19.1. The smallest absolute Gasteiger partial charge is 0.323 e. The summed E-state index contributed by atoms with van der Waals surface area (Å²) in [6.45, 7) is 4.25. The van der Waals surface area contributed by atoms with Crippen LogP contribution in [-0.4, -0.2) is 35.7 Å². The van der Waals surface area contributed by atoms with Crippen LogP contribution in [0.3, 0.4) is 0 Å². The largest absolute Gasteiger partial charge is 0.465 e. The summed E-state index contributed by atoms with van der Waals surface area (Å²) in [7, 11) is 0. The van der Waals surface area contributed by atoms with Gasteiger partial charge < -0.3 is 4.74 Å². The molecule has 5 atom stereocenters. The zero-order chi connectivity index (χ0) is 15.7. The second-order valence-electron chi connectivity index (χ2n) is 6.38. The van der Waals surface area contributed by atoms with Crippen LogP contribution in [0.25, 0.3) is 0 Å². The van der Waals surface area contributed by atoms with Gasteiger partial charge in [0.15, 0.2) is 0 Å². The van der Waals surface area contributed by atoms with Crippen molar-refractivity contribution in [3.8, 4) is 0 Å². The summed E-state index contributed by atoms with van der Waals surface area (Å²) in [6, 6.07) is 9.91. The molecule has 0 N–H and O–H groups in total. The second-order valence-corrected chi connectivity index (χ2v) is 6.38. The molecule has 1 aromatic carbocycles. The maximum Gasteiger partial charge on any atom is 0.323 e. The number of esters is 1. The average Bonchev–Trinajstić information content (AvgIpc) is 2.55. The van der Waals surface area contributed by atoms with Crippen LogP contribution < -0.4 is 0 Å². The molecule has 0 amide bonds. The topological polar surface area (TPSA) is 29.5 Å². The Labute approximate surface area is 131 Å². The first-order valence-electron chi connectivity index (χ1n) is 8.26. The highest BCUT2D eigenvalue weighted by molar-refractivity contribution is 5.77. The van der Waals surface area contributed by atoms with E-state index in [0.29, 0.717) is 13.0 Å². The van der Waals surface area contributed by atoms with Gasteiger partial charge in [-0.3, -0.25) is 9.69 Å². The Morgan fingerprint density at radius 1 is 1.36 bits per heavy atom. The highest BCUT2D eigenvalue weighted by Crippen LogP contribution is 2.45. The van der Waals surface area contributed by atoms with Crippen LogP contribution >= 0.6 is 0 Å². The Kier molecular flexibility index (Phi) is 4.48. The molecule has 4 heteroatoms. The molecule has 0 radical (unpaired) electrons. The molecule has 2 aliphatic heterocycles. The van der Waals surface area contributed by atoms with Crippen molar-refractivity contribution in [3.05, 3.63) is 35.9 Å². The first kappa shape index (κ1) is 15.5. The van der Waals surface area contributed by atoms with Crippen molar-refractivity contribution in [1.82, 2.24) is 4.90 Å². The van der Waals surface area contributed by atoms with Crippen molar-refractivity contribution in [1.29, 1.82) is 0 Å². The van der Waals surface area contributed by atoms with Gasteiger partial charge in [-0.25, -0.2) is 4.39 Å². The van der Waals surface area contributed by atoms with Gasteiger partial charge in [-0.2, -0.15) is 0 Å². The molecule has 0 unspecified atom stereocenters. The number of piperidine rings is 2. The van der Waals surface area contributed by atoms with Gasteiger partial charge in [0, 0.05) is 18.0 Å². The molecule has 22 heavy (non-hydrogen) atoms. The third-order valence-corrected chi connectivity index (χ3v) is 5.20. The zero-order valence-electron chi connectivity index (χ0n) is 13.2. The van der Waals surface area contributed by atoms with Crippen molar-refractivity contribution in [3.63, 3.8) is 0 Å². The lowest BCUT2D eigenvalue weighted by Gasteiger charge is -2.53. The van der Waals surface area contributed by atoms with Crippen molar-refractivity contribution in [2.24, 2.45) is 5.92 Å². The molecule has 0 spiro atoms. The van der Waals surface area contributed by atoms with Gasteiger partial charge in [0.2, 0.25) is 0 Å². The van der Waals surface area contributed by atoms with Gasteiger partial charge in [0.1, 0.15) is 12.2 Å². The molecule has 1 aliphatic carbocycles. The van der Waals surface area contributed by atoms with Crippen LogP contribution in [0.15, 0.2) is 30.3 Å². The van der Waals surface area contributed by atoms with Gasteiger partial charge >= 0.3 is 5.97 Å². The van der Waals surface area contributed by atoms with E-state index in [9.17, 15) is 9.18 Å². The van der Waals surface area contributed by atoms with Crippen molar-refractivity contribution < 1.29 is 13.9 Å². The molecule has 1 saturated carbocycles. The number of nitrogens with zero attached hydrogens (tertiary/aromatic N) is 1. The van der Waals surface area contributed by atoms with Crippen molar-refractivity contribution in [2.45, 2.75) is 57.4 Å². The van der Waals surface area contributed by atoms with E-state index >= 15 is 0 Å². The summed E-state index contributed by atoms with van der Waals surface area (Å²) in [5.41, 5.74) is 1.17. The molecular formula is C18H24FNO2. The summed E-state index contributed by atoms with van der Waals surface area (Å²) in [5, 5.41) is 0. The highest BCUT2D eigenvalue weighted by Gasteiger charge is 2.52. The quantitative estimate of drug-likeness (QED) is 0.797. The first-order chi connectivity index (χ1) is 10.6. The van der Waals surface area contributed by atoms with E-state index in [1.54, 1.807) is 6.92 Å². The number of benzene rings is 1. The van der Waals surface area contributed by atoms with E-state index in [2.05, 4.69) is 24.0 Å². The Bertz CT molecular complexity index is 521. The summed E-state index contributed by atoms with van der Waals surface area (Å²) >= 11 is 0. The molecule has 3 fully saturated rings. The number of hydrogen-bond acceptors (Lipinski definition) is 3. The molecule has 3 nitrogen and oxygen atoms in total. The fourth-order valence-electron chi connectivity index (χ4n) is 4.18. The van der Waals surface area contributed by atoms with Gasteiger partial charge in [0.25, 0.3) is 0 Å². The van der Waals surface area contributed by atoms with E-state index in [-0.39, 0.29) is 24.0 Å².